The highest BCUT2D eigenvalue weighted by atomic mass is 35.5. The van der Waals surface area contributed by atoms with Gasteiger partial charge in [-0.1, -0.05) is 44.1 Å². The smallest absolute Gasteiger partial charge is 0.269 e. The molecule has 0 saturated carbocycles. The fourth-order valence-electron chi connectivity index (χ4n) is 4.73. The fourth-order valence-corrected chi connectivity index (χ4v) is 5.71. The molecule has 2 saturated heterocycles. The van der Waals surface area contributed by atoms with Gasteiger partial charge in [-0.25, -0.2) is 9.97 Å². The van der Waals surface area contributed by atoms with Crippen LogP contribution in [0.4, 0.5) is 17.2 Å². The average Bonchev–Trinajstić information content (AvgIpc) is 2.90. The van der Waals surface area contributed by atoms with E-state index in [0.29, 0.717) is 61.9 Å². The minimum Gasteiger partial charge on any atom is -0.368 e. The molecule has 0 aliphatic carbocycles. The second-order valence-electron chi connectivity index (χ2n) is 10.8. The molecule has 1 atom stereocenters. The highest BCUT2D eigenvalue weighted by molar-refractivity contribution is 7.99. The van der Waals surface area contributed by atoms with Gasteiger partial charge in [-0.05, 0) is 19.1 Å². The normalized spacial score (nSPS) is 18.3. The van der Waals surface area contributed by atoms with Crippen molar-refractivity contribution in [2.75, 3.05) is 61.4 Å². The summed E-state index contributed by atoms with van der Waals surface area (Å²) in [7, 11) is 0. The highest BCUT2D eigenvalue weighted by Gasteiger charge is 2.34. The number of amides is 2. The number of rotatable bonds is 6. The van der Waals surface area contributed by atoms with Crippen LogP contribution in [0.15, 0.2) is 35.5 Å². The molecule has 0 spiro atoms. The number of carbonyl (C=O) groups excluding carboxylic acids is 2. The van der Waals surface area contributed by atoms with Gasteiger partial charge < -0.3 is 19.6 Å². The van der Waals surface area contributed by atoms with Crippen LogP contribution in [0.2, 0.25) is 5.15 Å². The number of nitro groups is 1. The number of nitro benzene ring substituents is 1. The molecule has 2 aliphatic rings. The molecule has 39 heavy (non-hydrogen) atoms. The number of benzene rings is 1. The van der Waals surface area contributed by atoms with Gasteiger partial charge in [-0.15, -0.1) is 0 Å². The van der Waals surface area contributed by atoms with Gasteiger partial charge in [0.15, 0.2) is 5.16 Å². The van der Waals surface area contributed by atoms with E-state index in [4.69, 9.17) is 11.6 Å². The van der Waals surface area contributed by atoms with Crippen molar-refractivity contribution >= 4 is 52.4 Å². The van der Waals surface area contributed by atoms with E-state index < -0.39 is 10.3 Å². The molecule has 1 aromatic heterocycles. The Morgan fingerprint density at radius 3 is 2.28 bits per heavy atom. The van der Waals surface area contributed by atoms with E-state index >= 15 is 0 Å². The molecule has 0 N–H and O–H groups in total. The van der Waals surface area contributed by atoms with Crippen molar-refractivity contribution in [1.29, 1.82) is 0 Å². The summed E-state index contributed by atoms with van der Waals surface area (Å²) in [6.45, 7) is 12.1. The maximum absolute atomic E-state index is 12.9. The zero-order valence-corrected chi connectivity index (χ0v) is 24.2. The first-order valence-corrected chi connectivity index (χ1v) is 14.3. The molecule has 13 heteroatoms. The highest BCUT2D eigenvalue weighted by Crippen LogP contribution is 2.27. The molecule has 0 radical (unpaired) electrons. The quantitative estimate of drug-likeness (QED) is 0.167. The maximum atomic E-state index is 12.9. The van der Waals surface area contributed by atoms with E-state index in [1.807, 2.05) is 37.5 Å². The Labute approximate surface area is 237 Å². The van der Waals surface area contributed by atoms with Crippen molar-refractivity contribution in [1.82, 2.24) is 19.8 Å². The summed E-state index contributed by atoms with van der Waals surface area (Å²) in [5, 5.41) is 11.6. The molecule has 2 fully saturated rings. The van der Waals surface area contributed by atoms with Crippen LogP contribution in [-0.4, -0.2) is 94.1 Å². The average molecular weight is 576 g/mol. The van der Waals surface area contributed by atoms with Gasteiger partial charge in [0.05, 0.1) is 10.7 Å². The third-order valence-corrected chi connectivity index (χ3v) is 7.92. The predicted molar refractivity (Wildman–Crippen MR) is 152 cm³/mol. The maximum Gasteiger partial charge on any atom is 0.269 e. The topological polar surface area (TPSA) is 116 Å². The van der Waals surface area contributed by atoms with Crippen LogP contribution in [-0.2, 0) is 9.59 Å². The lowest BCUT2D eigenvalue weighted by atomic mass is 9.93. The molecular weight excluding hydrogens is 542 g/mol. The van der Waals surface area contributed by atoms with Crippen LogP contribution in [0.5, 0.6) is 0 Å². The van der Waals surface area contributed by atoms with Crippen LogP contribution in [0.3, 0.4) is 0 Å². The van der Waals surface area contributed by atoms with E-state index in [1.54, 1.807) is 18.2 Å². The van der Waals surface area contributed by atoms with Crippen LogP contribution < -0.4 is 9.80 Å². The zero-order valence-electron chi connectivity index (χ0n) is 22.7. The predicted octanol–water partition coefficient (Wildman–Crippen LogP) is 3.56. The molecule has 2 aromatic rings. The van der Waals surface area contributed by atoms with E-state index in [9.17, 15) is 19.7 Å². The van der Waals surface area contributed by atoms with Gasteiger partial charge in [0, 0.05) is 81.2 Å². The molecular formula is C26H34ClN7O4S. The Morgan fingerprint density at radius 2 is 1.69 bits per heavy atom. The largest absolute Gasteiger partial charge is 0.368 e. The Bertz CT molecular complexity index is 1220. The van der Waals surface area contributed by atoms with Gasteiger partial charge in [-0.3, -0.25) is 19.7 Å². The zero-order chi connectivity index (χ0) is 28.3. The number of aromatic nitrogens is 2. The van der Waals surface area contributed by atoms with Gasteiger partial charge in [0.1, 0.15) is 11.0 Å². The van der Waals surface area contributed by atoms with Crippen LogP contribution in [0.1, 0.15) is 27.7 Å². The Balaban J connectivity index is 1.30. The molecule has 4 rings (SSSR count). The first kappa shape index (κ1) is 28.9. The lowest BCUT2D eigenvalue weighted by Crippen LogP contribution is -2.56. The van der Waals surface area contributed by atoms with Crippen molar-refractivity contribution in [3.05, 3.63) is 45.6 Å². The van der Waals surface area contributed by atoms with E-state index in [1.165, 1.54) is 23.9 Å². The summed E-state index contributed by atoms with van der Waals surface area (Å²) in [5.74, 6) is 1.02. The van der Waals surface area contributed by atoms with Gasteiger partial charge >= 0.3 is 0 Å². The monoisotopic (exact) mass is 575 g/mol. The summed E-state index contributed by atoms with van der Waals surface area (Å²) >= 11 is 7.58. The van der Waals surface area contributed by atoms with Crippen molar-refractivity contribution in [3.8, 4) is 0 Å². The minimum absolute atomic E-state index is 0.00333. The van der Waals surface area contributed by atoms with Gasteiger partial charge in [-0.2, -0.15) is 0 Å². The SMILES string of the molecule is CC1CN(c2cc(Cl)nc(SCC(=O)N3CCN(c4ccc([N+](=O)[O-])cc4)CC3)n2)CCN1C(=O)C(C)(C)C. The molecule has 11 nitrogen and oxygen atoms in total. The molecule has 2 amide bonds. The molecule has 1 unspecified atom stereocenters. The number of hydrogen-bond donors (Lipinski definition) is 0. The Kier molecular flexibility index (Phi) is 8.85. The van der Waals surface area contributed by atoms with Crippen LogP contribution >= 0.6 is 23.4 Å². The van der Waals surface area contributed by atoms with Gasteiger partial charge in [0.2, 0.25) is 11.8 Å². The van der Waals surface area contributed by atoms with Crippen LogP contribution in [0.25, 0.3) is 0 Å². The number of halogens is 1. The fraction of sp³-hybridized carbons (Fsp3) is 0.538. The summed E-state index contributed by atoms with van der Waals surface area (Å²) in [6, 6.07) is 8.22. The van der Waals surface area contributed by atoms with Crippen molar-refractivity contribution in [2.45, 2.75) is 38.9 Å². The lowest BCUT2D eigenvalue weighted by Gasteiger charge is -2.42. The molecule has 1 aromatic carbocycles. The second-order valence-corrected chi connectivity index (χ2v) is 12.1. The first-order chi connectivity index (χ1) is 18.4. The van der Waals surface area contributed by atoms with Gasteiger partial charge in [0.25, 0.3) is 5.69 Å². The Hall–Kier alpha value is -3.12. The van der Waals surface area contributed by atoms with Crippen molar-refractivity contribution in [3.63, 3.8) is 0 Å². The Morgan fingerprint density at radius 1 is 1.05 bits per heavy atom. The number of nitrogens with zero attached hydrogens (tertiary/aromatic N) is 7. The third kappa shape index (κ3) is 7.10. The van der Waals surface area contributed by atoms with Crippen LogP contribution in [0, 0.1) is 15.5 Å². The standard InChI is InChI=1S/C26H34ClN7O4S/c1-18-16-32(13-14-33(18)24(36)26(2,3)4)22-15-21(27)28-25(29-22)39-17-23(35)31-11-9-30(10-12-31)19-5-7-20(8-6-19)34(37)38/h5-8,15,18H,9-14,16-17H2,1-4H3. The number of anilines is 2. The number of piperazine rings is 2. The molecule has 2 aliphatic heterocycles. The molecule has 0 bridgehead atoms. The number of non-ortho nitro benzene ring substituents is 1. The van der Waals surface area contributed by atoms with E-state index in [-0.39, 0.29) is 29.3 Å². The molecule has 3 heterocycles. The number of carbonyl (C=O) groups is 2. The number of hydrogen-bond acceptors (Lipinski definition) is 9. The van der Waals surface area contributed by atoms with Crippen molar-refractivity contribution < 1.29 is 14.5 Å². The summed E-state index contributed by atoms with van der Waals surface area (Å²) in [6.07, 6.45) is 0. The summed E-state index contributed by atoms with van der Waals surface area (Å²) in [5.41, 5.74) is 0.533. The van der Waals surface area contributed by atoms with Crippen molar-refractivity contribution in [2.24, 2.45) is 5.41 Å². The summed E-state index contributed by atoms with van der Waals surface area (Å²) in [4.78, 5) is 53.1. The van der Waals surface area contributed by atoms with E-state index in [2.05, 4.69) is 19.8 Å². The second kappa shape index (κ2) is 12.0. The first-order valence-electron chi connectivity index (χ1n) is 12.9. The third-order valence-electron chi connectivity index (χ3n) is 6.90. The number of thioether (sulfide) groups is 1. The minimum atomic E-state index is -0.428. The van der Waals surface area contributed by atoms with E-state index in [0.717, 1.165) is 5.69 Å². The summed E-state index contributed by atoms with van der Waals surface area (Å²) < 4.78 is 0. The molecule has 210 valence electrons. The lowest BCUT2D eigenvalue weighted by molar-refractivity contribution is -0.384.